The second-order valence-electron chi connectivity index (χ2n) is 5.84. The molecule has 0 saturated heterocycles. The molecule has 0 spiro atoms. The van der Waals surface area contributed by atoms with Gasteiger partial charge in [-0.05, 0) is 30.5 Å². The molecule has 1 atom stereocenters. The van der Waals surface area contributed by atoms with Crippen molar-refractivity contribution in [1.29, 1.82) is 0 Å². The van der Waals surface area contributed by atoms with Gasteiger partial charge in [0.25, 0.3) is 5.91 Å². The highest BCUT2D eigenvalue weighted by atomic mass is 16.5. The number of carbonyl (C=O) groups is 1. The summed E-state index contributed by atoms with van der Waals surface area (Å²) < 4.78 is 11.1. The second kappa shape index (κ2) is 7.67. The quantitative estimate of drug-likeness (QED) is 0.713. The average Bonchev–Trinajstić information content (AvgIpc) is 2.99. The van der Waals surface area contributed by atoms with Crippen LogP contribution >= 0.6 is 0 Å². The van der Waals surface area contributed by atoms with Crippen LogP contribution in [0, 0.1) is 5.92 Å². The van der Waals surface area contributed by atoms with Gasteiger partial charge in [-0.3, -0.25) is 9.78 Å². The fourth-order valence-electron chi connectivity index (χ4n) is 2.06. The largest absolute Gasteiger partial charge is 0.493 e. The highest BCUT2D eigenvalue weighted by Gasteiger charge is 2.16. The molecule has 0 aliphatic rings. The van der Waals surface area contributed by atoms with Crippen molar-refractivity contribution in [2.75, 3.05) is 13.7 Å². The zero-order valence-corrected chi connectivity index (χ0v) is 14.2. The predicted molar refractivity (Wildman–Crippen MR) is 88.4 cm³/mol. The number of aromatic nitrogens is 3. The number of nitrogens with zero attached hydrogens (tertiary/aromatic N) is 1. The third-order valence-electron chi connectivity index (χ3n) is 3.32. The maximum absolute atomic E-state index is 12.0. The zero-order valence-electron chi connectivity index (χ0n) is 14.2. The van der Waals surface area contributed by atoms with Crippen LogP contribution in [0.25, 0.3) is 0 Å². The van der Waals surface area contributed by atoms with Crippen LogP contribution in [0.3, 0.4) is 0 Å². The Labute approximate surface area is 139 Å². The number of hydrogen-bond acceptors (Lipinski definition) is 5. The van der Waals surface area contributed by atoms with E-state index < -0.39 is 11.6 Å². The molecule has 0 radical (unpaired) electrons. The molecule has 130 valence electrons. The number of aromatic amines is 2. The average molecular weight is 334 g/mol. The lowest BCUT2D eigenvalue weighted by atomic mass is 10.1. The smallest absolute Gasteiger partial charge is 0.341 e. The Hall–Kier alpha value is -2.77. The minimum atomic E-state index is -0.527. The number of ether oxygens (including phenoxy) is 2. The monoisotopic (exact) mass is 334 g/mol. The topological polar surface area (TPSA) is 109 Å². The normalized spacial score (nSPS) is 12.0. The summed E-state index contributed by atoms with van der Waals surface area (Å²) in [4.78, 5) is 25.3. The van der Waals surface area contributed by atoms with Gasteiger partial charge in [0.05, 0.1) is 19.8 Å². The molecule has 8 nitrogen and oxygen atoms in total. The van der Waals surface area contributed by atoms with E-state index >= 15 is 0 Å². The summed E-state index contributed by atoms with van der Waals surface area (Å²) in [6.45, 7) is 6.55. The molecule has 1 aromatic heterocycles. The molecule has 8 heteroatoms. The molecule has 0 bridgehead atoms. The molecule has 3 N–H and O–H groups in total. The summed E-state index contributed by atoms with van der Waals surface area (Å²) >= 11 is 0. The van der Waals surface area contributed by atoms with Gasteiger partial charge >= 0.3 is 5.69 Å². The van der Waals surface area contributed by atoms with Crippen molar-refractivity contribution in [3.8, 4) is 11.5 Å². The van der Waals surface area contributed by atoms with Crippen LogP contribution in [0.4, 0.5) is 0 Å². The van der Waals surface area contributed by atoms with Crippen LogP contribution in [0.5, 0.6) is 11.5 Å². The molecular weight excluding hydrogens is 312 g/mol. The molecule has 2 aromatic rings. The van der Waals surface area contributed by atoms with Gasteiger partial charge in [0.15, 0.2) is 11.5 Å². The first-order valence-electron chi connectivity index (χ1n) is 7.67. The van der Waals surface area contributed by atoms with Gasteiger partial charge in [0.1, 0.15) is 0 Å². The molecular formula is C16H22N4O4. The Bertz CT molecular complexity index is 751. The number of carbonyl (C=O) groups excluding carboxylic acids is 1. The van der Waals surface area contributed by atoms with Crippen molar-refractivity contribution in [2.45, 2.75) is 26.8 Å². The van der Waals surface area contributed by atoms with Crippen molar-refractivity contribution in [1.82, 2.24) is 20.5 Å². The van der Waals surface area contributed by atoms with E-state index in [0.717, 1.165) is 5.56 Å². The molecule has 0 aliphatic heterocycles. The van der Waals surface area contributed by atoms with Gasteiger partial charge in [-0.15, -0.1) is 5.10 Å². The highest BCUT2D eigenvalue weighted by Crippen LogP contribution is 2.30. The fraction of sp³-hybridized carbons (Fsp3) is 0.438. The number of hydrogen-bond donors (Lipinski definition) is 3. The Morgan fingerprint density at radius 3 is 2.62 bits per heavy atom. The molecule has 1 heterocycles. The fourth-order valence-corrected chi connectivity index (χ4v) is 2.06. The van der Waals surface area contributed by atoms with E-state index in [1.165, 1.54) is 0 Å². The first-order valence-corrected chi connectivity index (χ1v) is 7.67. The first-order chi connectivity index (χ1) is 11.4. The van der Waals surface area contributed by atoms with E-state index in [4.69, 9.17) is 9.47 Å². The molecule has 0 fully saturated rings. The Morgan fingerprint density at radius 1 is 1.29 bits per heavy atom. The van der Waals surface area contributed by atoms with Crippen molar-refractivity contribution in [3.05, 3.63) is 40.1 Å². The van der Waals surface area contributed by atoms with Crippen molar-refractivity contribution < 1.29 is 14.3 Å². The van der Waals surface area contributed by atoms with Crippen molar-refractivity contribution >= 4 is 5.91 Å². The zero-order chi connectivity index (χ0) is 17.7. The molecule has 1 aromatic carbocycles. The maximum Gasteiger partial charge on any atom is 0.341 e. The third-order valence-corrected chi connectivity index (χ3v) is 3.32. The van der Waals surface area contributed by atoms with Gasteiger partial charge in [-0.2, -0.15) is 0 Å². The van der Waals surface area contributed by atoms with E-state index in [2.05, 4.69) is 34.3 Å². The lowest BCUT2D eigenvalue weighted by Gasteiger charge is -2.17. The van der Waals surface area contributed by atoms with Crippen molar-refractivity contribution in [2.24, 2.45) is 5.92 Å². The molecule has 0 saturated carbocycles. The van der Waals surface area contributed by atoms with Crippen molar-refractivity contribution in [3.63, 3.8) is 0 Å². The van der Waals surface area contributed by atoms with Crippen LogP contribution < -0.4 is 20.5 Å². The van der Waals surface area contributed by atoms with Crippen LogP contribution in [0.2, 0.25) is 0 Å². The standard InChI is InChI=1S/C16H22N4O4/c1-9(2)8-24-12-6-5-11(7-13(12)23-4)10(3)17-15(21)14-18-16(22)20-19-14/h5-7,9-10H,8H2,1-4H3,(H,17,21)(H2,18,19,20,22)/t10-/m0/s1. The Morgan fingerprint density at radius 2 is 2.04 bits per heavy atom. The molecule has 24 heavy (non-hydrogen) atoms. The molecule has 0 unspecified atom stereocenters. The molecule has 1 amide bonds. The summed E-state index contributed by atoms with van der Waals surface area (Å²) in [5, 5.41) is 8.51. The first kappa shape index (κ1) is 17.6. The summed E-state index contributed by atoms with van der Waals surface area (Å²) in [5.41, 5.74) is 0.316. The second-order valence-corrected chi connectivity index (χ2v) is 5.84. The minimum absolute atomic E-state index is 0.0595. The summed E-state index contributed by atoms with van der Waals surface area (Å²) in [6.07, 6.45) is 0. The number of amides is 1. The maximum atomic E-state index is 12.0. The van der Waals surface area contributed by atoms with E-state index in [0.29, 0.717) is 24.0 Å². The van der Waals surface area contributed by atoms with E-state index in [1.807, 2.05) is 25.1 Å². The third kappa shape index (κ3) is 4.37. The summed E-state index contributed by atoms with van der Waals surface area (Å²) in [7, 11) is 1.57. The number of rotatable bonds is 7. The van der Waals surface area contributed by atoms with Gasteiger partial charge < -0.3 is 14.8 Å². The van der Waals surface area contributed by atoms with E-state index in [1.54, 1.807) is 7.11 Å². The minimum Gasteiger partial charge on any atom is -0.493 e. The van der Waals surface area contributed by atoms with Crippen LogP contribution in [-0.2, 0) is 0 Å². The lowest BCUT2D eigenvalue weighted by Crippen LogP contribution is -2.28. The molecule has 2 rings (SSSR count). The molecule has 0 aliphatic carbocycles. The van der Waals surface area contributed by atoms with E-state index in [-0.39, 0.29) is 11.9 Å². The van der Waals surface area contributed by atoms with Gasteiger partial charge in [0.2, 0.25) is 5.82 Å². The summed E-state index contributed by atoms with van der Waals surface area (Å²) in [5.74, 6) is 1.13. The summed E-state index contributed by atoms with van der Waals surface area (Å²) in [6, 6.07) is 5.19. The van der Waals surface area contributed by atoms with Gasteiger partial charge in [-0.1, -0.05) is 19.9 Å². The van der Waals surface area contributed by atoms with Gasteiger partial charge in [-0.25, -0.2) is 9.89 Å². The predicted octanol–water partition coefficient (Wildman–Crippen LogP) is 1.63. The lowest BCUT2D eigenvalue weighted by molar-refractivity contribution is 0.0929. The van der Waals surface area contributed by atoms with Crippen LogP contribution in [-0.4, -0.2) is 34.8 Å². The number of benzene rings is 1. The Kier molecular flexibility index (Phi) is 5.62. The number of nitrogens with one attached hydrogen (secondary N) is 3. The van der Waals surface area contributed by atoms with Crippen LogP contribution in [0.1, 0.15) is 43.0 Å². The van der Waals surface area contributed by atoms with Gasteiger partial charge in [0, 0.05) is 0 Å². The number of methoxy groups -OCH3 is 1. The number of H-pyrrole nitrogens is 2. The highest BCUT2D eigenvalue weighted by molar-refractivity contribution is 5.90. The van der Waals surface area contributed by atoms with E-state index in [9.17, 15) is 9.59 Å². The van der Waals surface area contributed by atoms with Crippen LogP contribution in [0.15, 0.2) is 23.0 Å². The SMILES string of the molecule is COc1cc([C@H](C)NC(=O)c2n[nH]c(=O)[nH]2)ccc1OCC(C)C. The Balaban J connectivity index is 2.10.